The summed E-state index contributed by atoms with van der Waals surface area (Å²) in [4.78, 5) is 37.6. The number of hydrogen-bond acceptors (Lipinski definition) is 13. The normalized spacial score (nSPS) is 17.5. The number of nitrogens with zero attached hydrogens (tertiary/aromatic N) is 3. The summed E-state index contributed by atoms with van der Waals surface area (Å²) in [6.45, 7) is 27.8. The molecule has 0 aliphatic carbocycles. The van der Waals surface area contributed by atoms with Crippen LogP contribution >= 0.6 is 0 Å². The van der Waals surface area contributed by atoms with Gasteiger partial charge in [-0.15, -0.1) is 0 Å². The summed E-state index contributed by atoms with van der Waals surface area (Å²) in [7, 11) is 0. The monoisotopic (exact) mass is 703 g/mol. The maximum absolute atomic E-state index is 12.1. The number of aliphatic imine (C=N–C) groups is 1. The molecular formula is C35H70N6O8. The highest BCUT2D eigenvalue weighted by molar-refractivity contribution is 5.82. The molecule has 0 radical (unpaired) electrons. The van der Waals surface area contributed by atoms with Gasteiger partial charge in [0.1, 0.15) is 23.3 Å². The Labute approximate surface area is 296 Å². The zero-order valence-electron chi connectivity index (χ0n) is 32.9. The first-order valence-electron chi connectivity index (χ1n) is 17.2. The molecule has 2 rings (SSSR count). The van der Waals surface area contributed by atoms with Crippen molar-refractivity contribution in [1.29, 1.82) is 0 Å². The first-order chi connectivity index (χ1) is 22.5. The van der Waals surface area contributed by atoms with Crippen LogP contribution in [0.4, 0.5) is 4.79 Å². The number of nitrogens with one attached hydrogen (secondary N) is 1. The third kappa shape index (κ3) is 33.6. The number of nitrogens with two attached hydrogens (primary N) is 2. The fraction of sp³-hybridized carbons (Fsp3) is 0.857. The standard InChI is InChI=1S/C14H26N2O3.C9H17NO2.C6H14N2O.C6H13NO2/c1-11(2)15-16(13(17)19-14(3,4)5)9-12-7-6-8-18-10-12;1-7(2)10-6-8(11)12-9(3,4)5;7-8-5-6-3-1-2-4-9-6;1-6(2,3)9-5(8)4-7/h12H,6-10H2,1-5H3;6H2,1-5H3;6,8H,1-5,7H2;4,7H2,1-3H3. The van der Waals surface area contributed by atoms with Crippen LogP contribution < -0.4 is 17.0 Å². The lowest BCUT2D eigenvalue weighted by atomic mass is 10.0. The number of carbonyl (C=O) groups is 3. The van der Waals surface area contributed by atoms with Crippen molar-refractivity contribution >= 4 is 29.5 Å². The number of ether oxygens (including phenoxy) is 5. The van der Waals surface area contributed by atoms with E-state index in [2.05, 4.69) is 15.5 Å². The minimum absolute atomic E-state index is 0.0444. The topological polar surface area (TPSA) is 189 Å². The van der Waals surface area contributed by atoms with Crippen molar-refractivity contribution in [2.75, 3.05) is 46.0 Å². The highest BCUT2D eigenvalue weighted by Gasteiger charge is 2.26. The summed E-state index contributed by atoms with van der Waals surface area (Å²) < 4.78 is 26.1. The van der Waals surface area contributed by atoms with Gasteiger partial charge in [0.15, 0.2) is 0 Å². The fourth-order valence-corrected chi connectivity index (χ4v) is 3.99. The van der Waals surface area contributed by atoms with Crippen LogP contribution in [0.5, 0.6) is 0 Å². The Bertz CT molecular complexity index is 977. The van der Waals surface area contributed by atoms with Crippen molar-refractivity contribution in [3.8, 4) is 0 Å². The molecule has 14 nitrogen and oxygen atoms in total. The lowest BCUT2D eigenvalue weighted by Crippen LogP contribution is -2.38. The summed E-state index contributed by atoms with van der Waals surface area (Å²) in [6, 6.07) is 0. The molecule has 0 aromatic rings. The first kappa shape index (κ1) is 48.5. The van der Waals surface area contributed by atoms with E-state index in [0.717, 1.165) is 50.4 Å². The molecule has 2 aliphatic heterocycles. The van der Waals surface area contributed by atoms with E-state index in [1.54, 1.807) is 20.8 Å². The van der Waals surface area contributed by atoms with Gasteiger partial charge in [-0.2, -0.15) is 10.1 Å². The second-order valence-corrected chi connectivity index (χ2v) is 15.2. The van der Waals surface area contributed by atoms with Crippen molar-refractivity contribution in [3.05, 3.63) is 0 Å². The third-order valence-electron chi connectivity index (χ3n) is 5.76. The molecule has 0 spiro atoms. The molecule has 14 heteroatoms. The number of hydrogen-bond donors (Lipinski definition) is 3. The van der Waals surface area contributed by atoms with Crippen LogP contribution in [-0.2, 0) is 33.3 Å². The van der Waals surface area contributed by atoms with E-state index >= 15 is 0 Å². The molecular weight excluding hydrogens is 632 g/mol. The quantitative estimate of drug-likeness (QED) is 0.0996. The van der Waals surface area contributed by atoms with E-state index < -0.39 is 16.8 Å². The van der Waals surface area contributed by atoms with Gasteiger partial charge in [-0.1, -0.05) is 0 Å². The smallest absolute Gasteiger partial charge is 0.430 e. The minimum Gasteiger partial charge on any atom is -0.459 e. The Hall–Kier alpha value is -2.65. The van der Waals surface area contributed by atoms with Gasteiger partial charge in [0.2, 0.25) is 0 Å². The van der Waals surface area contributed by atoms with Crippen LogP contribution in [0.2, 0.25) is 0 Å². The highest BCUT2D eigenvalue weighted by Crippen LogP contribution is 2.18. The predicted octanol–water partition coefficient (Wildman–Crippen LogP) is 5.16. The number of hydrazine groups is 1. The van der Waals surface area contributed by atoms with Crippen LogP contribution in [0.25, 0.3) is 0 Å². The van der Waals surface area contributed by atoms with E-state index in [0.29, 0.717) is 25.2 Å². The van der Waals surface area contributed by atoms with Crippen molar-refractivity contribution < 1.29 is 38.1 Å². The molecule has 1 amide bonds. The van der Waals surface area contributed by atoms with Crippen LogP contribution in [0.1, 0.15) is 122 Å². The second kappa shape index (κ2) is 25.3. The van der Waals surface area contributed by atoms with Gasteiger partial charge in [-0.05, 0) is 122 Å². The average molecular weight is 703 g/mol. The highest BCUT2D eigenvalue weighted by atomic mass is 16.6. The molecule has 2 heterocycles. The van der Waals surface area contributed by atoms with Gasteiger partial charge < -0.3 is 29.4 Å². The summed E-state index contributed by atoms with van der Waals surface area (Å²) in [5, 5.41) is 5.71. The molecule has 0 saturated carbocycles. The SMILES string of the molecule is CC(C)(C)OC(=O)CN.CC(C)=NCC(=O)OC(C)(C)C.CC(C)=NN(CC1CCCOC1)C(=O)OC(C)(C)C.NNCC1CCCCO1. The zero-order valence-corrected chi connectivity index (χ0v) is 32.9. The van der Waals surface area contributed by atoms with Crippen molar-refractivity contribution in [2.24, 2.45) is 27.6 Å². The first-order valence-corrected chi connectivity index (χ1v) is 17.2. The Kier molecular flexibility index (Phi) is 25.0. The number of esters is 2. The Morgan fingerprint density at radius 3 is 1.76 bits per heavy atom. The molecule has 288 valence electrons. The van der Waals surface area contributed by atoms with Gasteiger partial charge >= 0.3 is 18.0 Å². The van der Waals surface area contributed by atoms with Gasteiger partial charge in [-0.3, -0.25) is 25.8 Å². The zero-order chi connectivity index (χ0) is 38.3. The van der Waals surface area contributed by atoms with Crippen LogP contribution in [0, 0.1) is 5.92 Å². The largest absolute Gasteiger partial charge is 0.459 e. The molecule has 49 heavy (non-hydrogen) atoms. The number of amides is 1. The molecule has 2 unspecified atom stereocenters. The van der Waals surface area contributed by atoms with E-state index in [9.17, 15) is 14.4 Å². The molecule has 2 atom stereocenters. The van der Waals surface area contributed by atoms with E-state index in [1.165, 1.54) is 17.9 Å². The van der Waals surface area contributed by atoms with Crippen molar-refractivity contribution in [2.45, 2.75) is 145 Å². The predicted molar refractivity (Wildman–Crippen MR) is 195 cm³/mol. The van der Waals surface area contributed by atoms with Crippen LogP contribution in [-0.4, -0.2) is 103 Å². The Morgan fingerprint density at radius 1 is 0.796 bits per heavy atom. The molecule has 0 aromatic heterocycles. The minimum atomic E-state index is -0.504. The molecule has 2 saturated heterocycles. The van der Waals surface area contributed by atoms with E-state index in [1.807, 2.05) is 69.2 Å². The Balaban J connectivity index is 0. The summed E-state index contributed by atoms with van der Waals surface area (Å²) >= 11 is 0. The van der Waals surface area contributed by atoms with Gasteiger partial charge in [0.25, 0.3) is 0 Å². The van der Waals surface area contributed by atoms with E-state index in [4.69, 9.17) is 35.3 Å². The molecule has 0 bridgehead atoms. The van der Waals surface area contributed by atoms with Crippen molar-refractivity contribution in [3.63, 3.8) is 0 Å². The van der Waals surface area contributed by atoms with Gasteiger partial charge in [0.05, 0.1) is 25.8 Å². The summed E-state index contributed by atoms with van der Waals surface area (Å²) in [5.74, 6) is 4.83. The van der Waals surface area contributed by atoms with Crippen molar-refractivity contribution in [1.82, 2.24) is 10.4 Å². The number of rotatable bonds is 8. The summed E-state index contributed by atoms with van der Waals surface area (Å²) in [5.41, 5.74) is 8.02. The Morgan fingerprint density at radius 2 is 1.37 bits per heavy atom. The summed E-state index contributed by atoms with van der Waals surface area (Å²) in [6.07, 6.45) is 5.74. The maximum atomic E-state index is 12.1. The third-order valence-corrected chi connectivity index (χ3v) is 5.76. The van der Waals surface area contributed by atoms with E-state index in [-0.39, 0.29) is 31.1 Å². The molecule has 2 aliphatic rings. The molecule has 2 fully saturated rings. The average Bonchev–Trinajstić information content (AvgIpc) is 2.95. The second-order valence-electron chi connectivity index (χ2n) is 15.2. The van der Waals surface area contributed by atoms with Gasteiger partial charge in [-0.25, -0.2) is 4.79 Å². The van der Waals surface area contributed by atoms with Crippen LogP contribution in [0.3, 0.4) is 0 Å². The van der Waals surface area contributed by atoms with Crippen LogP contribution in [0.15, 0.2) is 10.1 Å². The molecule has 0 aromatic carbocycles. The fourth-order valence-electron chi connectivity index (χ4n) is 3.99. The van der Waals surface area contributed by atoms with Gasteiger partial charge in [0, 0.05) is 37.1 Å². The maximum Gasteiger partial charge on any atom is 0.430 e. The number of hydrazone groups is 1. The molecule has 5 N–H and O–H groups in total. The lowest BCUT2D eigenvalue weighted by Gasteiger charge is -2.29. The number of carbonyl (C=O) groups excluding carboxylic acids is 3. The lowest BCUT2D eigenvalue weighted by molar-refractivity contribution is -0.154.